The van der Waals surface area contributed by atoms with Crippen molar-refractivity contribution in [2.45, 2.75) is 27.2 Å². The molecule has 3 rings (SSSR count). The molecule has 0 unspecified atom stereocenters. The number of ether oxygens (including phenoxy) is 1. The van der Waals surface area contributed by atoms with Gasteiger partial charge in [-0.3, -0.25) is 0 Å². The highest BCUT2D eigenvalue weighted by atomic mass is 32.1. The summed E-state index contributed by atoms with van der Waals surface area (Å²) in [5.41, 5.74) is 1.67. The lowest BCUT2D eigenvalue weighted by Crippen LogP contribution is -2.07. The third kappa shape index (κ3) is 3.92. The fourth-order valence-electron chi connectivity index (χ4n) is 2.58. The van der Waals surface area contributed by atoms with Crippen molar-refractivity contribution in [1.82, 2.24) is 0 Å². The van der Waals surface area contributed by atoms with E-state index in [1.165, 1.54) is 9.75 Å². The number of nitrogens with zero attached hydrogens (tertiary/aromatic N) is 1. The van der Waals surface area contributed by atoms with Gasteiger partial charge >= 0.3 is 5.97 Å². The van der Waals surface area contributed by atoms with Crippen molar-refractivity contribution in [2.24, 2.45) is 4.99 Å². The Bertz CT molecular complexity index is 888. The van der Waals surface area contributed by atoms with Gasteiger partial charge in [0.1, 0.15) is 5.00 Å². The van der Waals surface area contributed by atoms with E-state index >= 15 is 0 Å². The second kappa shape index (κ2) is 8.08. The van der Waals surface area contributed by atoms with E-state index in [-0.39, 0.29) is 5.97 Å². The van der Waals surface area contributed by atoms with E-state index in [1.807, 2.05) is 27.0 Å². The summed E-state index contributed by atoms with van der Waals surface area (Å²) in [7, 11) is 0. The van der Waals surface area contributed by atoms with Gasteiger partial charge in [-0.1, -0.05) is 13.0 Å². The van der Waals surface area contributed by atoms with E-state index in [9.17, 15) is 4.79 Å². The summed E-state index contributed by atoms with van der Waals surface area (Å²) in [4.78, 5) is 21.5. The topological polar surface area (TPSA) is 38.7 Å². The van der Waals surface area contributed by atoms with Crippen LogP contribution < -0.4 is 0 Å². The first kappa shape index (κ1) is 18.0. The van der Waals surface area contributed by atoms with E-state index in [0.29, 0.717) is 12.2 Å². The molecule has 0 amide bonds. The number of aryl methyl sites for hydroxylation is 1. The quantitative estimate of drug-likeness (QED) is 0.365. The molecule has 0 saturated carbocycles. The van der Waals surface area contributed by atoms with Crippen molar-refractivity contribution in [3.63, 3.8) is 0 Å². The van der Waals surface area contributed by atoms with Gasteiger partial charge in [-0.05, 0) is 43.8 Å². The highest BCUT2D eigenvalue weighted by molar-refractivity contribution is 7.22. The molecule has 3 aromatic heterocycles. The summed E-state index contributed by atoms with van der Waals surface area (Å²) in [6.45, 7) is 6.21. The smallest absolute Gasteiger partial charge is 0.339 e. The molecule has 0 aliphatic heterocycles. The molecule has 3 nitrogen and oxygen atoms in total. The minimum Gasteiger partial charge on any atom is -0.462 e. The number of hydrogen-bond donors (Lipinski definition) is 0. The van der Waals surface area contributed by atoms with Gasteiger partial charge in [0, 0.05) is 31.3 Å². The summed E-state index contributed by atoms with van der Waals surface area (Å²) in [6, 6.07) is 8.40. The van der Waals surface area contributed by atoms with Crippen LogP contribution in [0.3, 0.4) is 0 Å². The first-order valence-electron chi connectivity index (χ1n) is 8.11. The number of carbonyl (C=O) groups is 1. The van der Waals surface area contributed by atoms with Crippen LogP contribution in [0.5, 0.6) is 0 Å². The largest absolute Gasteiger partial charge is 0.462 e. The molecule has 0 spiro atoms. The third-order valence-electron chi connectivity index (χ3n) is 3.69. The van der Waals surface area contributed by atoms with Crippen molar-refractivity contribution in [3.8, 4) is 9.75 Å². The van der Waals surface area contributed by atoms with Crippen LogP contribution in [-0.2, 0) is 11.2 Å². The normalized spacial score (nSPS) is 11.3. The van der Waals surface area contributed by atoms with Gasteiger partial charge in [-0.15, -0.1) is 34.0 Å². The predicted octanol–water partition coefficient (Wildman–Crippen LogP) is 6.34. The molecule has 0 bridgehead atoms. The van der Waals surface area contributed by atoms with Crippen LogP contribution in [0.4, 0.5) is 5.00 Å². The van der Waals surface area contributed by atoms with Crippen LogP contribution in [0.15, 0.2) is 34.6 Å². The molecule has 0 fully saturated rings. The molecule has 0 N–H and O–H groups in total. The third-order valence-corrected chi connectivity index (χ3v) is 6.84. The standard InChI is InChI=1S/C19H19NO2S3/c1-4-14-17(19(21)22-5-2)12(3)24-18(14)20-11-13-8-9-16(25-13)15-7-6-10-23-15/h6-11H,4-5H2,1-3H3/b20-11+. The Morgan fingerprint density at radius 2 is 2.04 bits per heavy atom. The van der Waals surface area contributed by atoms with Crippen LogP contribution in [0.25, 0.3) is 9.75 Å². The molecule has 6 heteroatoms. The SMILES string of the molecule is CCOC(=O)c1c(C)sc(/N=C/c2ccc(-c3cccs3)s2)c1CC. The minimum absolute atomic E-state index is 0.245. The fourth-order valence-corrected chi connectivity index (χ4v) is 5.36. The highest BCUT2D eigenvalue weighted by Crippen LogP contribution is 2.37. The van der Waals surface area contributed by atoms with E-state index in [2.05, 4.69) is 34.6 Å². The second-order valence-electron chi connectivity index (χ2n) is 5.33. The lowest BCUT2D eigenvalue weighted by Gasteiger charge is -2.03. The van der Waals surface area contributed by atoms with Gasteiger partial charge in [0.2, 0.25) is 0 Å². The van der Waals surface area contributed by atoms with E-state index < -0.39 is 0 Å². The fraction of sp³-hybridized carbons (Fsp3) is 0.263. The lowest BCUT2D eigenvalue weighted by molar-refractivity contribution is 0.0525. The molecule has 0 aromatic carbocycles. The number of hydrogen-bond acceptors (Lipinski definition) is 6. The van der Waals surface area contributed by atoms with E-state index in [0.717, 1.165) is 26.7 Å². The average Bonchev–Trinajstić information content (AvgIpc) is 3.32. The molecule has 25 heavy (non-hydrogen) atoms. The Morgan fingerprint density at radius 3 is 2.72 bits per heavy atom. The van der Waals surface area contributed by atoms with Crippen LogP contribution in [0, 0.1) is 6.92 Å². The Morgan fingerprint density at radius 1 is 1.20 bits per heavy atom. The monoisotopic (exact) mass is 389 g/mol. The molecule has 0 radical (unpaired) electrons. The maximum atomic E-state index is 12.2. The van der Waals surface area contributed by atoms with Crippen LogP contribution >= 0.6 is 34.0 Å². The Kier molecular flexibility index (Phi) is 5.83. The summed E-state index contributed by atoms with van der Waals surface area (Å²) < 4.78 is 5.19. The van der Waals surface area contributed by atoms with Crippen LogP contribution in [-0.4, -0.2) is 18.8 Å². The summed E-state index contributed by atoms with van der Waals surface area (Å²) >= 11 is 5.01. The van der Waals surface area contributed by atoms with Crippen molar-refractivity contribution in [2.75, 3.05) is 6.61 Å². The number of esters is 1. The molecular weight excluding hydrogens is 370 g/mol. The van der Waals surface area contributed by atoms with Gasteiger partial charge < -0.3 is 4.74 Å². The van der Waals surface area contributed by atoms with Crippen molar-refractivity contribution < 1.29 is 9.53 Å². The van der Waals surface area contributed by atoms with Crippen LogP contribution in [0.2, 0.25) is 0 Å². The van der Waals surface area contributed by atoms with Gasteiger partial charge in [0.05, 0.1) is 12.2 Å². The summed E-state index contributed by atoms with van der Waals surface area (Å²) in [5.74, 6) is -0.245. The first-order chi connectivity index (χ1) is 12.1. The van der Waals surface area contributed by atoms with E-state index in [4.69, 9.17) is 4.74 Å². The van der Waals surface area contributed by atoms with Crippen molar-refractivity contribution in [1.29, 1.82) is 0 Å². The van der Waals surface area contributed by atoms with Crippen LogP contribution in [0.1, 0.15) is 39.5 Å². The van der Waals surface area contributed by atoms with Gasteiger partial charge in [0.15, 0.2) is 0 Å². The molecule has 130 valence electrons. The molecule has 0 aliphatic carbocycles. The zero-order valence-corrected chi connectivity index (χ0v) is 16.8. The van der Waals surface area contributed by atoms with Gasteiger partial charge in [0.25, 0.3) is 0 Å². The molecule has 0 atom stereocenters. The number of aliphatic imine (C=N–C) groups is 1. The van der Waals surface area contributed by atoms with Crippen molar-refractivity contribution in [3.05, 3.63) is 50.5 Å². The zero-order chi connectivity index (χ0) is 17.8. The molecule has 0 aliphatic rings. The average molecular weight is 390 g/mol. The number of rotatable bonds is 6. The summed E-state index contributed by atoms with van der Waals surface area (Å²) in [5, 5.41) is 2.98. The maximum Gasteiger partial charge on any atom is 0.339 e. The maximum absolute atomic E-state index is 12.2. The van der Waals surface area contributed by atoms with E-state index in [1.54, 1.807) is 34.0 Å². The predicted molar refractivity (Wildman–Crippen MR) is 109 cm³/mol. The zero-order valence-electron chi connectivity index (χ0n) is 14.4. The summed E-state index contributed by atoms with van der Waals surface area (Å²) in [6.07, 6.45) is 2.65. The minimum atomic E-state index is -0.245. The highest BCUT2D eigenvalue weighted by Gasteiger charge is 2.21. The second-order valence-corrected chi connectivity index (χ2v) is 8.59. The van der Waals surface area contributed by atoms with Gasteiger partial charge in [-0.25, -0.2) is 9.79 Å². The molecule has 3 heterocycles. The number of thiophene rings is 3. The Labute approximate surface area is 159 Å². The molecule has 0 saturated heterocycles. The van der Waals surface area contributed by atoms with Gasteiger partial charge in [-0.2, -0.15) is 0 Å². The lowest BCUT2D eigenvalue weighted by atomic mass is 10.1. The molecule has 3 aromatic rings. The van der Waals surface area contributed by atoms with Crippen molar-refractivity contribution >= 4 is 51.2 Å². The number of carbonyl (C=O) groups excluding carboxylic acids is 1. The Hall–Kier alpha value is -1.76. The first-order valence-corrected chi connectivity index (χ1v) is 10.6. The molecular formula is C19H19NO2S3. The Balaban J connectivity index is 1.86.